The summed E-state index contributed by atoms with van der Waals surface area (Å²) >= 11 is 2.91. The standard InChI is InChI=1S/C12H5BrF7N3O/c1-23-2-3(13)9(22-23)11(24)21-10-7(16)5(14)4(12(18,19)20)6(15)8(10)17/h2H,1H3,(H,21,24). The molecular formula is C12H5BrF7N3O. The summed E-state index contributed by atoms with van der Waals surface area (Å²) in [6.45, 7) is 0. The van der Waals surface area contributed by atoms with Crippen molar-refractivity contribution in [3.8, 4) is 0 Å². The maximum absolute atomic E-state index is 13.7. The topological polar surface area (TPSA) is 46.9 Å². The number of nitrogens with one attached hydrogen (secondary N) is 1. The van der Waals surface area contributed by atoms with Crippen molar-refractivity contribution < 1.29 is 35.5 Å². The molecule has 1 aromatic heterocycles. The van der Waals surface area contributed by atoms with Crippen LogP contribution < -0.4 is 5.32 Å². The predicted octanol–water partition coefficient (Wildman–Crippen LogP) is 4.01. The summed E-state index contributed by atoms with van der Waals surface area (Å²) in [6, 6.07) is 0. The van der Waals surface area contributed by atoms with Gasteiger partial charge in [0.05, 0.1) is 4.47 Å². The van der Waals surface area contributed by atoms with Gasteiger partial charge in [0.25, 0.3) is 5.91 Å². The van der Waals surface area contributed by atoms with Crippen LogP contribution in [0.25, 0.3) is 0 Å². The average molecular weight is 420 g/mol. The first kappa shape index (κ1) is 18.2. The summed E-state index contributed by atoms with van der Waals surface area (Å²) in [7, 11) is 1.40. The van der Waals surface area contributed by atoms with Gasteiger partial charge in [0.2, 0.25) is 0 Å². The van der Waals surface area contributed by atoms with Crippen LogP contribution in [0.1, 0.15) is 16.1 Å². The van der Waals surface area contributed by atoms with Crippen LogP contribution in [-0.2, 0) is 13.2 Å². The highest BCUT2D eigenvalue weighted by atomic mass is 79.9. The Kier molecular flexibility index (Phi) is 4.61. The minimum atomic E-state index is -5.66. The molecule has 0 aliphatic carbocycles. The van der Waals surface area contributed by atoms with Gasteiger partial charge in [-0.25, -0.2) is 17.6 Å². The molecule has 0 spiro atoms. The Morgan fingerprint density at radius 3 is 2.00 bits per heavy atom. The summed E-state index contributed by atoms with van der Waals surface area (Å²) < 4.78 is 92.9. The van der Waals surface area contributed by atoms with Crippen molar-refractivity contribution in [2.75, 3.05) is 5.32 Å². The molecule has 2 aromatic rings. The monoisotopic (exact) mass is 419 g/mol. The van der Waals surface area contributed by atoms with Gasteiger partial charge >= 0.3 is 6.18 Å². The molecule has 4 nitrogen and oxygen atoms in total. The van der Waals surface area contributed by atoms with Gasteiger partial charge in [-0.1, -0.05) is 0 Å². The van der Waals surface area contributed by atoms with Crippen LogP contribution in [0.15, 0.2) is 10.7 Å². The molecule has 0 fully saturated rings. The van der Waals surface area contributed by atoms with Gasteiger partial charge in [0, 0.05) is 13.2 Å². The Labute approximate surface area is 137 Å². The van der Waals surface area contributed by atoms with Crippen molar-refractivity contribution in [1.29, 1.82) is 0 Å². The number of benzene rings is 1. The number of rotatable bonds is 2. The van der Waals surface area contributed by atoms with Gasteiger partial charge in [-0.3, -0.25) is 9.48 Å². The summed E-state index contributed by atoms with van der Waals surface area (Å²) in [5.41, 5.74) is -4.83. The van der Waals surface area contributed by atoms with Gasteiger partial charge in [-0.05, 0) is 15.9 Å². The van der Waals surface area contributed by atoms with E-state index in [9.17, 15) is 35.5 Å². The molecule has 1 aromatic carbocycles. The molecular weight excluding hydrogens is 415 g/mol. The molecule has 0 unspecified atom stereocenters. The third kappa shape index (κ3) is 3.09. The van der Waals surface area contributed by atoms with Crippen LogP contribution in [0.2, 0.25) is 0 Å². The summed E-state index contributed by atoms with van der Waals surface area (Å²) in [6.07, 6.45) is -4.38. The fraction of sp³-hybridized carbons (Fsp3) is 0.167. The average Bonchev–Trinajstić information content (AvgIpc) is 2.79. The van der Waals surface area contributed by atoms with Crippen LogP contribution >= 0.6 is 15.9 Å². The molecule has 0 aliphatic rings. The van der Waals surface area contributed by atoms with Gasteiger partial charge < -0.3 is 5.32 Å². The van der Waals surface area contributed by atoms with E-state index >= 15 is 0 Å². The van der Waals surface area contributed by atoms with E-state index in [1.165, 1.54) is 18.6 Å². The van der Waals surface area contributed by atoms with Gasteiger partial charge in [0.15, 0.2) is 29.0 Å². The zero-order chi connectivity index (χ0) is 18.4. The molecule has 130 valence electrons. The van der Waals surface area contributed by atoms with Crippen molar-refractivity contribution in [1.82, 2.24) is 9.78 Å². The van der Waals surface area contributed by atoms with Crippen molar-refractivity contribution >= 4 is 27.5 Å². The predicted molar refractivity (Wildman–Crippen MR) is 70.1 cm³/mol. The van der Waals surface area contributed by atoms with E-state index in [1.807, 2.05) is 0 Å². The summed E-state index contributed by atoms with van der Waals surface area (Å²) in [5, 5.41) is 5.08. The number of aryl methyl sites for hydroxylation is 1. The van der Waals surface area contributed by atoms with E-state index in [1.54, 1.807) is 0 Å². The lowest BCUT2D eigenvalue weighted by Gasteiger charge is -2.14. The van der Waals surface area contributed by atoms with E-state index in [-0.39, 0.29) is 4.47 Å². The molecule has 1 heterocycles. The Hall–Kier alpha value is -2.11. The summed E-state index contributed by atoms with van der Waals surface area (Å²) in [4.78, 5) is 11.8. The van der Waals surface area contributed by atoms with Gasteiger partial charge in [-0.15, -0.1) is 0 Å². The molecule has 0 radical (unpaired) electrons. The lowest BCUT2D eigenvalue weighted by atomic mass is 10.1. The van der Waals surface area contributed by atoms with E-state index < -0.39 is 52.3 Å². The number of aromatic nitrogens is 2. The Balaban J connectivity index is 2.53. The van der Waals surface area contributed by atoms with E-state index in [2.05, 4.69) is 21.0 Å². The Morgan fingerprint density at radius 2 is 1.62 bits per heavy atom. The molecule has 1 N–H and O–H groups in total. The number of carbonyl (C=O) groups is 1. The second kappa shape index (κ2) is 6.07. The fourth-order valence-electron chi connectivity index (χ4n) is 1.78. The number of hydrogen-bond donors (Lipinski definition) is 1. The van der Waals surface area contributed by atoms with Crippen LogP contribution in [-0.4, -0.2) is 15.7 Å². The first-order valence-electron chi connectivity index (χ1n) is 5.88. The quantitative estimate of drug-likeness (QED) is 0.590. The number of anilines is 1. The third-order valence-corrected chi connectivity index (χ3v) is 3.36. The van der Waals surface area contributed by atoms with Crippen LogP contribution in [0.3, 0.4) is 0 Å². The molecule has 0 bridgehead atoms. The maximum atomic E-state index is 13.7. The van der Waals surface area contributed by atoms with E-state index in [0.717, 1.165) is 4.68 Å². The molecule has 0 saturated heterocycles. The number of alkyl halides is 3. The highest BCUT2D eigenvalue weighted by Gasteiger charge is 2.42. The number of halogens is 8. The largest absolute Gasteiger partial charge is 0.422 e. The van der Waals surface area contributed by atoms with Crippen molar-refractivity contribution in [3.63, 3.8) is 0 Å². The minimum Gasteiger partial charge on any atom is -0.315 e. The smallest absolute Gasteiger partial charge is 0.315 e. The first-order chi connectivity index (χ1) is 10.9. The van der Waals surface area contributed by atoms with Crippen LogP contribution in [0, 0.1) is 23.3 Å². The number of amides is 1. The maximum Gasteiger partial charge on any atom is 0.422 e. The third-order valence-electron chi connectivity index (χ3n) is 2.78. The lowest BCUT2D eigenvalue weighted by molar-refractivity contribution is -0.143. The Morgan fingerprint density at radius 1 is 1.12 bits per heavy atom. The SMILES string of the molecule is Cn1cc(Br)c(C(=O)Nc2c(F)c(F)c(C(F)(F)F)c(F)c2F)n1. The molecule has 1 amide bonds. The second-order valence-electron chi connectivity index (χ2n) is 4.46. The number of hydrogen-bond acceptors (Lipinski definition) is 2. The second-order valence-corrected chi connectivity index (χ2v) is 5.31. The van der Waals surface area contributed by atoms with Gasteiger partial charge in [-0.2, -0.15) is 18.3 Å². The lowest BCUT2D eigenvalue weighted by Crippen LogP contribution is -2.21. The summed E-state index contributed by atoms with van der Waals surface area (Å²) in [5.74, 6) is -11.4. The zero-order valence-electron chi connectivity index (χ0n) is 11.4. The van der Waals surface area contributed by atoms with E-state index in [4.69, 9.17) is 0 Å². The van der Waals surface area contributed by atoms with Crippen molar-refractivity contribution in [2.45, 2.75) is 6.18 Å². The normalized spacial score (nSPS) is 11.7. The molecule has 0 atom stereocenters. The van der Waals surface area contributed by atoms with Crippen LogP contribution in [0.5, 0.6) is 0 Å². The fourth-order valence-corrected chi connectivity index (χ4v) is 2.33. The number of nitrogens with zero attached hydrogens (tertiary/aromatic N) is 2. The van der Waals surface area contributed by atoms with Crippen LogP contribution in [0.4, 0.5) is 36.4 Å². The molecule has 24 heavy (non-hydrogen) atoms. The first-order valence-corrected chi connectivity index (χ1v) is 6.68. The highest BCUT2D eigenvalue weighted by Crippen LogP contribution is 2.38. The van der Waals surface area contributed by atoms with Crippen molar-refractivity contribution in [3.05, 3.63) is 45.2 Å². The molecule has 2 rings (SSSR count). The van der Waals surface area contributed by atoms with E-state index in [0.29, 0.717) is 0 Å². The zero-order valence-corrected chi connectivity index (χ0v) is 13.0. The molecule has 0 aliphatic heterocycles. The van der Waals surface area contributed by atoms with Gasteiger partial charge in [0.1, 0.15) is 11.3 Å². The molecule has 12 heteroatoms. The highest BCUT2D eigenvalue weighted by molar-refractivity contribution is 9.10. The minimum absolute atomic E-state index is 0.0798. The molecule has 0 saturated carbocycles. The Bertz CT molecular complexity index is 802. The number of carbonyl (C=O) groups excluding carboxylic acids is 1. The van der Waals surface area contributed by atoms with Crippen molar-refractivity contribution in [2.24, 2.45) is 7.05 Å².